The Morgan fingerprint density at radius 3 is 2.62 bits per heavy atom. The number of nitrogens with one attached hydrogen (secondary N) is 1. The van der Waals surface area contributed by atoms with Gasteiger partial charge in [0.1, 0.15) is 29.0 Å². The molecule has 1 aliphatic carbocycles. The number of carbonyl (C=O) groups is 3. The van der Waals surface area contributed by atoms with E-state index in [1.807, 2.05) is 29.2 Å². The van der Waals surface area contributed by atoms with E-state index in [9.17, 15) is 14.4 Å². The molecule has 37 heavy (non-hydrogen) atoms. The minimum Gasteiger partial charge on any atom is -0.368 e. The van der Waals surface area contributed by atoms with Gasteiger partial charge in [0.15, 0.2) is 6.29 Å². The Bertz CT molecular complexity index is 1370. The lowest BCUT2D eigenvalue weighted by atomic mass is 10.1. The monoisotopic (exact) mass is 562 g/mol. The summed E-state index contributed by atoms with van der Waals surface area (Å²) in [7, 11) is 0. The summed E-state index contributed by atoms with van der Waals surface area (Å²) in [6.45, 7) is 0. The molecule has 2 amide bonds. The zero-order valence-corrected chi connectivity index (χ0v) is 21.1. The average Bonchev–Trinajstić information content (AvgIpc) is 3.43. The number of rotatable bonds is 7. The summed E-state index contributed by atoms with van der Waals surface area (Å²) in [5.41, 5.74) is 7.85. The van der Waals surface area contributed by atoms with Gasteiger partial charge >= 0.3 is 0 Å². The van der Waals surface area contributed by atoms with Crippen LogP contribution in [0, 0.1) is 5.92 Å². The lowest BCUT2D eigenvalue weighted by Crippen LogP contribution is -2.60. The third-order valence-corrected chi connectivity index (χ3v) is 7.58. The van der Waals surface area contributed by atoms with Gasteiger partial charge in [0.25, 0.3) is 0 Å². The Morgan fingerprint density at radius 1 is 1.11 bits per heavy atom. The number of halogens is 1. The van der Waals surface area contributed by atoms with Crippen LogP contribution in [0.4, 0.5) is 17.2 Å². The van der Waals surface area contributed by atoms with E-state index in [0.717, 1.165) is 12.7 Å². The van der Waals surface area contributed by atoms with E-state index in [2.05, 4.69) is 36.2 Å². The third-order valence-electron chi connectivity index (χ3n) is 7.14. The lowest BCUT2D eigenvalue weighted by Gasteiger charge is -2.42. The Balaban J connectivity index is 1.40. The summed E-state index contributed by atoms with van der Waals surface area (Å²) < 4.78 is 0.599. The van der Waals surface area contributed by atoms with Crippen molar-refractivity contribution in [3.63, 3.8) is 0 Å². The first kappa shape index (κ1) is 23.6. The molecule has 3 unspecified atom stereocenters. The van der Waals surface area contributed by atoms with Crippen LogP contribution < -0.4 is 16.1 Å². The molecule has 0 radical (unpaired) electrons. The molecule has 12 heteroatoms. The van der Waals surface area contributed by atoms with Crippen molar-refractivity contribution in [2.75, 3.05) is 10.3 Å². The number of nitrogens with zero attached hydrogens (tertiary/aromatic N) is 6. The van der Waals surface area contributed by atoms with E-state index in [0.29, 0.717) is 39.7 Å². The number of amides is 2. The van der Waals surface area contributed by atoms with Gasteiger partial charge in [-0.15, -0.1) is 0 Å². The van der Waals surface area contributed by atoms with Gasteiger partial charge in [0, 0.05) is 11.6 Å². The van der Waals surface area contributed by atoms with Gasteiger partial charge in [-0.2, -0.15) is 5.01 Å². The summed E-state index contributed by atoms with van der Waals surface area (Å²) in [6.07, 6.45) is 5.92. The summed E-state index contributed by atoms with van der Waals surface area (Å²) >= 11 is 3.32. The highest BCUT2D eigenvalue weighted by Crippen LogP contribution is 2.52. The predicted molar refractivity (Wildman–Crippen MR) is 137 cm³/mol. The van der Waals surface area contributed by atoms with E-state index >= 15 is 0 Å². The second-order valence-electron chi connectivity index (χ2n) is 9.30. The number of para-hydroxylation sites is 1. The van der Waals surface area contributed by atoms with E-state index in [-0.39, 0.29) is 11.9 Å². The maximum absolute atomic E-state index is 13.5. The van der Waals surface area contributed by atoms with Gasteiger partial charge in [-0.05, 0) is 52.9 Å². The fourth-order valence-corrected chi connectivity index (χ4v) is 5.93. The van der Waals surface area contributed by atoms with Crippen molar-refractivity contribution < 1.29 is 14.4 Å². The number of benzene rings is 1. The van der Waals surface area contributed by atoms with Crippen LogP contribution in [-0.2, 0) is 14.4 Å². The highest BCUT2D eigenvalue weighted by Gasteiger charge is 2.59. The van der Waals surface area contributed by atoms with Crippen molar-refractivity contribution in [2.45, 2.75) is 37.1 Å². The molecule has 11 nitrogen and oxygen atoms in total. The van der Waals surface area contributed by atoms with Crippen molar-refractivity contribution in [3.05, 3.63) is 71.4 Å². The first-order chi connectivity index (χ1) is 18.0. The highest BCUT2D eigenvalue weighted by atomic mass is 79.9. The number of aromatic nitrogens is 3. The lowest BCUT2D eigenvalue weighted by molar-refractivity contribution is -0.134. The number of hydrogen-bond donors (Lipinski definition) is 2. The molecule has 2 fully saturated rings. The van der Waals surface area contributed by atoms with Crippen LogP contribution in [0.15, 0.2) is 65.8 Å². The maximum Gasteiger partial charge on any atom is 0.242 e. The normalized spacial score (nSPS) is 25.3. The number of carbonyl (C=O) groups excluding carboxylic acids is 3. The molecule has 3 aliphatic rings. The smallest absolute Gasteiger partial charge is 0.242 e. The van der Waals surface area contributed by atoms with Crippen LogP contribution in [0.3, 0.4) is 0 Å². The zero-order chi connectivity index (χ0) is 25.7. The minimum absolute atomic E-state index is 0.0348. The number of aldehydes is 1. The van der Waals surface area contributed by atoms with Gasteiger partial charge < -0.3 is 15.8 Å². The molecule has 2 aromatic heterocycles. The van der Waals surface area contributed by atoms with Crippen LogP contribution in [0.25, 0.3) is 0 Å². The molecule has 188 valence electrons. The van der Waals surface area contributed by atoms with Crippen molar-refractivity contribution >= 4 is 51.2 Å². The fraction of sp³-hybridized carbons (Fsp3) is 0.280. The second kappa shape index (κ2) is 9.29. The van der Waals surface area contributed by atoms with Gasteiger partial charge in [-0.3, -0.25) is 19.5 Å². The molecule has 0 spiro atoms. The number of piperidine rings is 1. The van der Waals surface area contributed by atoms with Crippen LogP contribution >= 0.6 is 15.9 Å². The summed E-state index contributed by atoms with van der Waals surface area (Å²) in [5, 5.41) is 6.28. The summed E-state index contributed by atoms with van der Waals surface area (Å²) in [5.74, 6) is -0.163. The topological polar surface area (TPSA) is 138 Å². The predicted octanol–water partition coefficient (Wildman–Crippen LogP) is 2.16. The zero-order valence-electron chi connectivity index (χ0n) is 19.5. The van der Waals surface area contributed by atoms with Gasteiger partial charge in [0.2, 0.25) is 11.8 Å². The van der Waals surface area contributed by atoms with Crippen LogP contribution in [0.5, 0.6) is 0 Å². The molecule has 3 aromatic rings. The quantitative estimate of drug-likeness (QED) is 0.327. The molecule has 5 atom stereocenters. The number of likely N-dealkylation sites (tertiary alicyclic amines) is 1. The van der Waals surface area contributed by atoms with Crippen molar-refractivity contribution in [1.29, 1.82) is 0 Å². The molecule has 1 saturated carbocycles. The van der Waals surface area contributed by atoms with Crippen molar-refractivity contribution in [3.8, 4) is 0 Å². The SMILES string of the molecule is NC(=O)C1c2ccccc2N(c2cncnc2)N1C(C=O)N1C2C[C@@H]2C[C@H]1C(=O)Nc1cccc(Br)n1. The molecule has 0 bridgehead atoms. The largest absolute Gasteiger partial charge is 0.368 e. The second-order valence-corrected chi connectivity index (χ2v) is 10.1. The number of pyridine rings is 1. The van der Waals surface area contributed by atoms with Crippen LogP contribution in [0.2, 0.25) is 0 Å². The molecule has 3 N–H and O–H groups in total. The summed E-state index contributed by atoms with van der Waals surface area (Å²) in [4.78, 5) is 53.7. The van der Waals surface area contributed by atoms with Gasteiger partial charge in [-0.25, -0.2) is 15.0 Å². The molecule has 2 aliphatic heterocycles. The Morgan fingerprint density at radius 2 is 1.89 bits per heavy atom. The molecular weight excluding hydrogens is 540 g/mol. The molecule has 4 heterocycles. The highest BCUT2D eigenvalue weighted by molar-refractivity contribution is 9.10. The van der Waals surface area contributed by atoms with Gasteiger partial charge in [0.05, 0.1) is 29.8 Å². The van der Waals surface area contributed by atoms with E-state index < -0.39 is 24.2 Å². The number of hydrogen-bond acceptors (Lipinski definition) is 9. The number of hydrazine groups is 1. The van der Waals surface area contributed by atoms with Crippen LogP contribution in [-0.4, -0.2) is 61.2 Å². The standard InChI is InChI=1S/C25H23BrN8O3/c26-20-6-3-7-21(30-20)31-25(37)19-9-14-8-18(14)32(19)22(12-35)34-23(24(27)36)16-4-1-2-5-17(16)33(34)15-10-28-13-29-11-15/h1-7,10-14,18-19,22-23H,8-9H2,(H2,27,36)(H,30,31,37)/t14-,18?,19+,22?,23?/m1/s1. The van der Waals surface area contributed by atoms with E-state index in [1.165, 1.54) is 6.33 Å². The fourth-order valence-electron chi connectivity index (χ4n) is 5.59. The number of primary amides is 1. The molecular formula is C25H23BrN8O3. The Kier molecular flexibility index (Phi) is 5.94. The number of nitrogens with two attached hydrogens (primary N) is 1. The minimum atomic E-state index is -0.950. The van der Waals surface area contributed by atoms with Crippen LogP contribution in [0.1, 0.15) is 24.4 Å². The van der Waals surface area contributed by atoms with Crippen molar-refractivity contribution in [1.82, 2.24) is 24.9 Å². The molecule has 6 rings (SSSR count). The number of anilines is 3. The number of fused-ring (bicyclic) bond motifs is 2. The third kappa shape index (κ3) is 4.06. The van der Waals surface area contributed by atoms with E-state index in [1.54, 1.807) is 40.6 Å². The first-order valence-corrected chi connectivity index (χ1v) is 12.6. The van der Waals surface area contributed by atoms with Crippen molar-refractivity contribution in [2.24, 2.45) is 11.7 Å². The molecule has 1 saturated heterocycles. The maximum atomic E-state index is 13.5. The Hall–Kier alpha value is -3.74. The average molecular weight is 563 g/mol. The van der Waals surface area contributed by atoms with Gasteiger partial charge in [-0.1, -0.05) is 24.3 Å². The summed E-state index contributed by atoms with van der Waals surface area (Å²) in [6, 6.07) is 11.1. The molecule has 1 aromatic carbocycles. The van der Waals surface area contributed by atoms with E-state index in [4.69, 9.17) is 5.73 Å². The first-order valence-electron chi connectivity index (χ1n) is 11.9. The Labute approximate surface area is 220 Å².